The number of fused-ring (bicyclic) bond motifs is 3. The predicted octanol–water partition coefficient (Wildman–Crippen LogP) is 4.31. The SMILES string of the molecule is O=C(C[C@@H]1C[C@H]2CC[C@H]1C2)N[C@@H]1CCSc2ccc(F)cc21. The first-order valence-electron chi connectivity index (χ1n) is 8.40. The van der Waals surface area contributed by atoms with Crippen molar-refractivity contribution in [3.05, 3.63) is 29.6 Å². The predicted molar refractivity (Wildman–Crippen MR) is 86.2 cm³/mol. The third-order valence-corrected chi connectivity index (χ3v) is 6.80. The number of amides is 1. The van der Waals surface area contributed by atoms with Gasteiger partial charge >= 0.3 is 0 Å². The molecule has 1 aliphatic heterocycles. The van der Waals surface area contributed by atoms with E-state index in [0.717, 1.165) is 34.5 Å². The largest absolute Gasteiger partial charge is 0.349 e. The van der Waals surface area contributed by atoms with Crippen molar-refractivity contribution in [2.75, 3.05) is 5.75 Å². The van der Waals surface area contributed by atoms with E-state index < -0.39 is 0 Å². The summed E-state index contributed by atoms with van der Waals surface area (Å²) >= 11 is 1.75. The first kappa shape index (κ1) is 14.6. The highest BCUT2D eigenvalue weighted by atomic mass is 32.2. The van der Waals surface area contributed by atoms with Crippen molar-refractivity contribution < 1.29 is 9.18 Å². The molecule has 1 heterocycles. The first-order valence-corrected chi connectivity index (χ1v) is 9.39. The molecule has 0 aromatic heterocycles. The average Bonchev–Trinajstić information content (AvgIpc) is 3.10. The van der Waals surface area contributed by atoms with Crippen molar-refractivity contribution in [3.8, 4) is 0 Å². The van der Waals surface area contributed by atoms with Crippen LogP contribution in [0.25, 0.3) is 0 Å². The average molecular weight is 319 g/mol. The minimum absolute atomic E-state index is 0.0157. The van der Waals surface area contributed by atoms with Crippen molar-refractivity contribution in [2.45, 2.75) is 49.5 Å². The molecule has 2 fully saturated rings. The summed E-state index contributed by atoms with van der Waals surface area (Å²) in [5.74, 6) is 3.17. The van der Waals surface area contributed by atoms with Gasteiger partial charge in [0.05, 0.1) is 6.04 Å². The van der Waals surface area contributed by atoms with Crippen LogP contribution >= 0.6 is 11.8 Å². The summed E-state index contributed by atoms with van der Waals surface area (Å²) in [6.07, 6.45) is 6.82. The van der Waals surface area contributed by atoms with Crippen LogP contribution in [-0.4, -0.2) is 11.7 Å². The maximum absolute atomic E-state index is 13.5. The van der Waals surface area contributed by atoms with E-state index in [4.69, 9.17) is 0 Å². The quantitative estimate of drug-likeness (QED) is 0.899. The van der Waals surface area contributed by atoms with Crippen LogP contribution in [0.4, 0.5) is 4.39 Å². The normalized spacial score (nSPS) is 32.8. The summed E-state index contributed by atoms with van der Waals surface area (Å²) < 4.78 is 13.5. The lowest BCUT2D eigenvalue weighted by atomic mass is 9.86. The molecule has 0 spiro atoms. The molecule has 1 aromatic carbocycles. The number of nitrogens with one attached hydrogen (secondary N) is 1. The summed E-state index contributed by atoms with van der Waals surface area (Å²) in [6, 6.07) is 4.91. The van der Waals surface area contributed by atoms with Gasteiger partial charge in [0.1, 0.15) is 5.82 Å². The Morgan fingerprint density at radius 3 is 2.95 bits per heavy atom. The Kier molecular flexibility index (Phi) is 3.89. The van der Waals surface area contributed by atoms with Crippen LogP contribution in [-0.2, 0) is 4.79 Å². The van der Waals surface area contributed by atoms with Gasteiger partial charge in [0.2, 0.25) is 5.91 Å². The lowest BCUT2D eigenvalue weighted by Gasteiger charge is -2.27. The highest BCUT2D eigenvalue weighted by Crippen LogP contribution is 2.49. The van der Waals surface area contributed by atoms with E-state index in [1.165, 1.54) is 31.7 Å². The van der Waals surface area contributed by atoms with Gasteiger partial charge in [-0.2, -0.15) is 0 Å². The molecular weight excluding hydrogens is 297 g/mol. The molecule has 22 heavy (non-hydrogen) atoms. The summed E-state index contributed by atoms with van der Waals surface area (Å²) in [7, 11) is 0. The van der Waals surface area contributed by atoms with E-state index in [1.54, 1.807) is 17.8 Å². The standard InChI is InChI=1S/C18H22FNOS/c19-14-3-4-17-15(10-14)16(5-6-22-17)20-18(21)9-13-8-11-1-2-12(13)7-11/h3-4,10-13,16H,1-2,5-9H2,(H,20,21)/t11-,12-,13-,16+/m0/s1. The zero-order valence-corrected chi connectivity index (χ0v) is 13.5. The van der Waals surface area contributed by atoms with E-state index in [-0.39, 0.29) is 17.8 Å². The van der Waals surface area contributed by atoms with Crippen LogP contribution in [0.3, 0.4) is 0 Å². The third kappa shape index (κ3) is 2.78. The number of benzene rings is 1. The van der Waals surface area contributed by atoms with Crippen LogP contribution in [0.1, 0.15) is 50.1 Å². The second-order valence-corrected chi connectivity index (χ2v) is 8.22. The molecule has 4 rings (SSSR count). The summed E-state index contributed by atoms with van der Waals surface area (Å²) in [5, 5.41) is 3.17. The lowest BCUT2D eigenvalue weighted by Crippen LogP contribution is -2.32. The molecule has 2 bridgehead atoms. The van der Waals surface area contributed by atoms with Gasteiger partial charge in [0.15, 0.2) is 0 Å². The topological polar surface area (TPSA) is 29.1 Å². The second kappa shape index (κ2) is 5.88. The van der Waals surface area contributed by atoms with E-state index >= 15 is 0 Å². The zero-order chi connectivity index (χ0) is 15.1. The molecule has 4 heteroatoms. The molecule has 0 radical (unpaired) electrons. The Morgan fingerprint density at radius 2 is 2.18 bits per heavy atom. The Balaban J connectivity index is 1.41. The highest BCUT2D eigenvalue weighted by molar-refractivity contribution is 7.99. The van der Waals surface area contributed by atoms with Crippen LogP contribution in [0.15, 0.2) is 23.1 Å². The van der Waals surface area contributed by atoms with Crippen molar-refractivity contribution in [1.82, 2.24) is 5.32 Å². The van der Waals surface area contributed by atoms with E-state index in [0.29, 0.717) is 12.3 Å². The molecular formula is C18H22FNOS. The number of carbonyl (C=O) groups is 1. The van der Waals surface area contributed by atoms with Crippen LogP contribution < -0.4 is 5.32 Å². The summed E-state index contributed by atoms with van der Waals surface area (Å²) in [5.41, 5.74) is 0.956. The van der Waals surface area contributed by atoms with Gasteiger partial charge < -0.3 is 5.32 Å². The number of hydrogen-bond acceptors (Lipinski definition) is 2. The number of rotatable bonds is 3. The van der Waals surface area contributed by atoms with Crippen molar-refractivity contribution in [2.24, 2.45) is 17.8 Å². The number of hydrogen-bond donors (Lipinski definition) is 1. The summed E-state index contributed by atoms with van der Waals surface area (Å²) in [6.45, 7) is 0. The van der Waals surface area contributed by atoms with Crippen molar-refractivity contribution in [1.29, 1.82) is 0 Å². The molecule has 118 valence electrons. The highest BCUT2D eigenvalue weighted by Gasteiger charge is 2.40. The fraction of sp³-hybridized carbons (Fsp3) is 0.611. The number of halogens is 1. The minimum atomic E-state index is -0.214. The number of thioether (sulfide) groups is 1. The second-order valence-electron chi connectivity index (χ2n) is 7.08. The van der Waals surface area contributed by atoms with E-state index in [1.807, 2.05) is 6.07 Å². The zero-order valence-electron chi connectivity index (χ0n) is 12.7. The van der Waals surface area contributed by atoms with Gasteiger partial charge in [0.25, 0.3) is 0 Å². The Hall–Kier alpha value is -1.03. The summed E-state index contributed by atoms with van der Waals surface area (Å²) in [4.78, 5) is 13.5. The smallest absolute Gasteiger partial charge is 0.220 e. The monoisotopic (exact) mass is 319 g/mol. The van der Waals surface area contributed by atoms with Gasteiger partial charge in [0, 0.05) is 17.1 Å². The molecule has 3 aliphatic rings. The van der Waals surface area contributed by atoms with Crippen molar-refractivity contribution >= 4 is 17.7 Å². The Morgan fingerprint density at radius 1 is 1.27 bits per heavy atom. The maximum atomic E-state index is 13.5. The maximum Gasteiger partial charge on any atom is 0.220 e. The van der Waals surface area contributed by atoms with Gasteiger partial charge in [-0.3, -0.25) is 4.79 Å². The van der Waals surface area contributed by atoms with Crippen LogP contribution in [0.5, 0.6) is 0 Å². The molecule has 0 saturated heterocycles. The van der Waals surface area contributed by atoms with E-state index in [2.05, 4.69) is 5.32 Å². The molecule has 2 nitrogen and oxygen atoms in total. The molecule has 0 unspecified atom stereocenters. The van der Waals surface area contributed by atoms with Gasteiger partial charge in [-0.05, 0) is 67.2 Å². The third-order valence-electron chi connectivity index (χ3n) is 5.68. The first-order chi connectivity index (χ1) is 10.7. The van der Waals surface area contributed by atoms with Gasteiger partial charge in [-0.25, -0.2) is 4.39 Å². The van der Waals surface area contributed by atoms with Crippen LogP contribution in [0, 0.1) is 23.6 Å². The molecule has 1 N–H and O–H groups in total. The van der Waals surface area contributed by atoms with Gasteiger partial charge in [-0.1, -0.05) is 6.42 Å². The minimum Gasteiger partial charge on any atom is -0.349 e. The molecule has 2 aliphatic carbocycles. The van der Waals surface area contributed by atoms with E-state index in [9.17, 15) is 9.18 Å². The van der Waals surface area contributed by atoms with Crippen LogP contribution in [0.2, 0.25) is 0 Å². The Labute approximate surface area is 135 Å². The van der Waals surface area contributed by atoms with Gasteiger partial charge in [-0.15, -0.1) is 11.8 Å². The number of carbonyl (C=O) groups excluding carboxylic acids is 1. The molecule has 1 aromatic rings. The fourth-order valence-electron chi connectivity index (χ4n) is 4.63. The molecule has 4 atom stereocenters. The fourth-order valence-corrected chi connectivity index (χ4v) is 5.74. The molecule has 1 amide bonds. The Bertz CT molecular complexity index is 590. The van der Waals surface area contributed by atoms with Crippen molar-refractivity contribution in [3.63, 3.8) is 0 Å². The lowest BCUT2D eigenvalue weighted by molar-refractivity contribution is -0.123. The molecule has 2 saturated carbocycles.